The lowest BCUT2D eigenvalue weighted by Crippen LogP contribution is -2.46. The van der Waals surface area contributed by atoms with E-state index in [4.69, 9.17) is 18.9 Å². The van der Waals surface area contributed by atoms with Crippen LogP contribution < -0.4 is 9.47 Å². The number of hydrogen-bond acceptors (Lipinski definition) is 5. The molecule has 0 N–H and O–H groups in total. The van der Waals surface area contributed by atoms with Gasteiger partial charge in [-0.2, -0.15) is 0 Å². The van der Waals surface area contributed by atoms with E-state index in [2.05, 4.69) is 18.7 Å². The van der Waals surface area contributed by atoms with Crippen molar-refractivity contribution in [2.45, 2.75) is 33.0 Å². The fourth-order valence-electron chi connectivity index (χ4n) is 3.07. The van der Waals surface area contributed by atoms with Crippen LogP contribution in [0.2, 0.25) is 0 Å². The highest BCUT2D eigenvalue weighted by atomic mass is 16.5. The third-order valence-corrected chi connectivity index (χ3v) is 4.08. The van der Waals surface area contributed by atoms with Crippen LogP contribution in [-0.4, -0.2) is 63.7 Å². The second-order valence-corrected chi connectivity index (χ2v) is 6.39. The molecule has 0 saturated carbocycles. The molecular weight excluding hydrogens is 318 g/mol. The summed E-state index contributed by atoms with van der Waals surface area (Å²) in [4.78, 5) is 2.39. The molecule has 2 unspecified atom stereocenters. The Hall–Kier alpha value is -1.56. The molecule has 1 aromatic carbocycles. The molecule has 0 amide bonds. The van der Waals surface area contributed by atoms with Crippen LogP contribution in [0.5, 0.6) is 11.5 Å². The van der Waals surface area contributed by atoms with Crippen molar-refractivity contribution < 1.29 is 18.9 Å². The van der Waals surface area contributed by atoms with Crippen molar-refractivity contribution in [2.24, 2.45) is 0 Å². The molecule has 140 valence electrons. The summed E-state index contributed by atoms with van der Waals surface area (Å²) in [6.07, 6.45) is 4.62. The standard InChI is InChI=1S/C20H31NO4/c1-5-6-18-7-8-19(20(13-18)22-4)24-12-11-23-10-9-21-14-16(2)25-17(3)15-21/h5-8,13,16-17H,9-12,14-15H2,1-4H3/b6-5+. The molecule has 0 spiro atoms. The Kier molecular flexibility index (Phi) is 8.25. The van der Waals surface area contributed by atoms with Gasteiger partial charge in [-0.05, 0) is 38.5 Å². The minimum absolute atomic E-state index is 0.296. The Bertz CT molecular complexity index is 536. The summed E-state index contributed by atoms with van der Waals surface area (Å²) in [6, 6.07) is 5.92. The summed E-state index contributed by atoms with van der Waals surface area (Å²) >= 11 is 0. The molecule has 25 heavy (non-hydrogen) atoms. The van der Waals surface area contributed by atoms with Gasteiger partial charge in [0.05, 0.1) is 32.5 Å². The second-order valence-electron chi connectivity index (χ2n) is 6.39. The minimum Gasteiger partial charge on any atom is -0.493 e. The SMILES string of the molecule is C/C=C/c1ccc(OCCOCCN2CC(C)OC(C)C2)c(OC)c1. The van der Waals surface area contributed by atoms with Gasteiger partial charge in [0.2, 0.25) is 0 Å². The third kappa shape index (κ3) is 6.69. The normalized spacial score (nSPS) is 21.6. The van der Waals surface area contributed by atoms with Gasteiger partial charge in [0, 0.05) is 19.6 Å². The van der Waals surface area contributed by atoms with Gasteiger partial charge >= 0.3 is 0 Å². The maximum atomic E-state index is 5.78. The maximum Gasteiger partial charge on any atom is 0.161 e. The van der Waals surface area contributed by atoms with Gasteiger partial charge in [0.1, 0.15) is 6.61 Å². The largest absolute Gasteiger partial charge is 0.493 e. The first-order chi connectivity index (χ1) is 12.1. The Morgan fingerprint density at radius 1 is 1.12 bits per heavy atom. The average molecular weight is 349 g/mol. The van der Waals surface area contributed by atoms with Crippen molar-refractivity contribution in [2.75, 3.05) is 46.6 Å². The lowest BCUT2D eigenvalue weighted by molar-refractivity contribution is -0.0734. The maximum absolute atomic E-state index is 5.78. The molecule has 2 atom stereocenters. The number of ether oxygens (including phenoxy) is 4. The zero-order valence-corrected chi connectivity index (χ0v) is 15.9. The van der Waals surface area contributed by atoms with E-state index in [1.165, 1.54) is 0 Å². The van der Waals surface area contributed by atoms with Crippen LogP contribution in [0.15, 0.2) is 24.3 Å². The van der Waals surface area contributed by atoms with Crippen LogP contribution in [0.4, 0.5) is 0 Å². The van der Waals surface area contributed by atoms with Crippen molar-refractivity contribution in [3.63, 3.8) is 0 Å². The second kappa shape index (κ2) is 10.4. The van der Waals surface area contributed by atoms with Crippen LogP contribution in [0, 0.1) is 0 Å². The molecule has 0 radical (unpaired) electrons. The number of benzene rings is 1. The molecule has 1 heterocycles. The zero-order chi connectivity index (χ0) is 18.1. The number of allylic oxidation sites excluding steroid dienone is 1. The summed E-state index contributed by atoms with van der Waals surface area (Å²) in [5.41, 5.74) is 1.09. The van der Waals surface area contributed by atoms with Crippen molar-refractivity contribution in [1.82, 2.24) is 4.90 Å². The number of morpholine rings is 1. The smallest absolute Gasteiger partial charge is 0.161 e. The van der Waals surface area contributed by atoms with Crippen LogP contribution in [-0.2, 0) is 9.47 Å². The van der Waals surface area contributed by atoms with E-state index in [9.17, 15) is 0 Å². The van der Waals surface area contributed by atoms with Gasteiger partial charge in [-0.1, -0.05) is 18.2 Å². The lowest BCUT2D eigenvalue weighted by Gasteiger charge is -2.35. The van der Waals surface area contributed by atoms with Crippen LogP contribution in [0.3, 0.4) is 0 Å². The van der Waals surface area contributed by atoms with E-state index in [0.717, 1.165) is 36.7 Å². The van der Waals surface area contributed by atoms with Gasteiger partial charge in [-0.3, -0.25) is 4.90 Å². The molecule has 1 fully saturated rings. The molecule has 1 aliphatic heterocycles. The molecule has 2 rings (SSSR count). The van der Waals surface area contributed by atoms with Crippen LogP contribution in [0.1, 0.15) is 26.3 Å². The van der Waals surface area contributed by atoms with Gasteiger partial charge in [-0.15, -0.1) is 0 Å². The molecule has 5 heteroatoms. The van der Waals surface area contributed by atoms with Crippen molar-refractivity contribution in [3.05, 3.63) is 29.8 Å². The first-order valence-corrected chi connectivity index (χ1v) is 9.01. The van der Waals surface area contributed by atoms with E-state index in [1.807, 2.05) is 37.3 Å². The summed E-state index contributed by atoms with van der Waals surface area (Å²) in [5, 5.41) is 0. The topological polar surface area (TPSA) is 40.2 Å². The Labute approximate surface area is 151 Å². The van der Waals surface area contributed by atoms with E-state index >= 15 is 0 Å². The molecule has 0 aromatic heterocycles. The number of hydrogen-bond donors (Lipinski definition) is 0. The Morgan fingerprint density at radius 3 is 2.56 bits per heavy atom. The van der Waals surface area contributed by atoms with E-state index < -0.39 is 0 Å². The van der Waals surface area contributed by atoms with E-state index in [-0.39, 0.29) is 0 Å². The van der Waals surface area contributed by atoms with Crippen molar-refractivity contribution in [3.8, 4) is 11.5 Å². The van der Waals surface area contributed by atoms with E-state index in [0.29, 0.717) is 32.0 Å². The monoisotopic (exact) mass is 349 g/mol. The molecule has 1 saturated heterocycles. The summed E-state index contributed by atoms with van der Waals surface area (Å²) in [5.74, 6) is 1.49. The van der Waals surface area contributed by atoms with Crippen molar-refractivity contribution in [1.29, 1.82) is 0 Å². The van der Waals surface area contributed by atoms with E-state index in [1.54, 1.807) is 7.11 Å². The summed E-state index contributed by atoms with van der Waals surface area (Å²) in [6.45, 7) is 10.9. The minimum atomic E-state index is 0.296. The number of rotatable bonds is 9. The van der Waals surface area contributed by atoms with Gasteiger partial charge in [-0.25, -0.2) is 0 Å². The first-order valence-electron chi connectivity index (χ1n) is 9.01. The lowest BCUT2D eigenvalue weighted by atomic mass is 10.2. The Balaban J connectivity index is 1.66. The van der Waals surface area contributed by atoms with Gasteiger partial charge < -0.3 is 18.9 Å². The number of nitrogens with zero attached hydrogens (tertiary/aromatic N) is 1. The summed E-state index contributed by atoms with van der Waals surface area (Å²) < 4.78 is 22.6. The van der Waals surface area contributed by atoms with Crippen LogP contribution >= 0.6 is 0 Å². The zero-order valence-electron chi connectivity index (χ0n) is 15.9. The predicted octanol–water partition coefficient (Wildman–Crippen LogP) is 3.23. The predicted molar refractivity (Wildman–Crippen MR) is 100 cm³/mol. The van der Waals surface area contributed by atoms with Crippen LogP contribution in [0.25, 0.3) is 6.08 Å². The molecule has 1 aromatic rings. The third-order valence-electron chi connectivity index (χ3n) is 4.08. The Morgan fingerprint density at radius 2 is 1.88 bits per heavy atom. The summed E-state index contributed by atoms with van der Waals surface area (Å²) in [7, 11) is 1.66. The highest BCUT2D eigenvalue weighted by Crippen LogP contribution is 2.28. The quantitative estimate of drug-likeness (QED) is 0.640. The molecule has 0 bridgehead atoms. The number of methoxy groups -OCH3 is 1. The molecule has 0 aliphatic carbocycles. The fourth-order valence-corrected chi connectivity index (χ4v) is 3.07. The molecule has 5 nitrogen and oxygen atoms in total. The molecule has 1 aliphatic rings. The molecular formula is C20H31NO4. The van der Waals surface area contributed by atoms with Crippen molar-refractivity contribution >= 4 is 6.08 Å². The highest BCUT2D eigenvalue weighted by Gasteiger charge is 2.21. The average Bonchev–Trinajstić information content (AvgIpc) is 2.58. The van der Waals surface area contributed by atoms with Gasteiger partial charge in [0.25, 0.3) is 0 Å². The highest BCUT2D eigenvalue weighted by molar-refractivity contribution is 5.55. The fraction of sp³-hybridized carbons (Fsp3) is 0.600. The van der Waals surface area contributed by atoms with Gasteiger partial charge in [0.15, 0.2) is 11.5 Å². The first kappa shape index (κ1) is 19.8.